The number of anilines is 1. The standard InChI is InChI=1S/C10H16N4O/c1-7-5-9(11)13-10(12-7)8-6-14(2)3-4-15-8/h5,8H,3-4,6H2,1-2H3,(H2,11,12,13). The van der Waals surface area contributed by atoms with Crippen molar-refractivity contribution in [3.63, 3.8) is 0 Å². The maximum Gasteiger partial charge on any atom is 0.161 e. The third-order valence-electron chi connectivity index (χ3n) is 2.45. The first-order valence-electron chi connectivity index (χ1n) is 5.06. The molecule has 5 nitrogen and oxygen atoms in total. The Balaban J connectivity index is 2.20. The first-order chi connectivity index (χ1) is 7.15. The highest BCUT2D eigenvalue weighted by molar-refractivity contribution is 5.29. The Morgan fingerprint density at radius 2 is 2.33 bits per heavy atom. The number of morpholine rings is 1. The normalized spacial score (nSPS) is 22.9. The molecule has 1 fully saturated rings. The molecule has 2 rings (SSSR count). The molecule has 0 aliphatic carbocycles. The minimum atomic E-state index is -0.0500. The number of nitrogen functional groups attached to an aromatic ring is 1. The molecule has 1 aromatic heterocycles. The molecule has 0 bridgehead atoms. The second-order valence-corrected chi connectivity index (χ2v) is 3.91. The van der Waals surface area contributed by atoms with Crippen LogP contribution in [-0.4, -0.2) is 41.6 Å². The number of hydrogen-bond donors (Lipinski definition) is 1. The molecule has 1 aliphatic heterocycles. The Labute approximate surface area is 89.3 Å². The molecule has 0 spiro atoms. The summed E-state index contributed by atoms with van der Waals surface area (Å²) in [6.45, 7) is 4.41. The van der Waals surface area contributed by atoms with Crippen LogP contribution in [0.3, 0.4) is 0 Å². The van der Waals surface area contributed by atoms with E-state index in [9.17, 15) is 0 Å². The molecular formula is C10H16N4O. The molecule has 0 amide bonds. The van der Waals surface area contributed by atoms with E-state index in [0.717, 1.165) is 25.4 Å². The van der Waals surface area contributed by atoms with Gasteiger partial charge in [0.15, 0.2) is 5.82 Å². The van der Waals surface area contributed by atoms with Crippen molar-refractivity contribution in [1.29, 1.82) is 0 Å². The van der Waals surface area contributed by atoms with Gasteiger partial charge in [0.05, 0.1) is 6.61 Å². The number of likely N-dealkylation sites (N-methyl/N-ethyl adjacent to an activating group) is 1. The zero-order valence-corrected chi connectivity index (χ0v) is 9.10. The summed E-state index contributed by atoms with van der Waals surface area (Å²) in [7, 11) is 2.06. The predicted octanol–water partition coefficient (Wildman–Crippen LogP) is 0.370. The van der Waals surface area contributed by atoms with E-state index in [1.807, 2.05) is 6.92 Å². The van der Waals surface area contributed by atoms with Crippen LogP contribution >= 0.6 is 0 Å². The van der Waals surface area contributed by atoms with Crippen molar-refractivity contribution in [1.82, 2.24) is 14.9 Å². The van der Waals surface area contributed by atoms with E-state index in [2.05, 4.69) is 21.9 Å². The minimum Gasteiger partial charge on any atom is -0.384 e. The highest BCUT2D eigenvalue weighted by Gasteiger charge is 2.22. The molecule has 0 saturated carbocycles. The quantitative estimate of drug-likeness (QED) is 0.722. The van der Waals surface area contributed by atoms with Crippen LogP contribution in [0.4, 0.5) is 5.82 Å². The number of aromatic nitrogens is 2. The lowest BCUT2D eigenvalue weighted by Crippen LogP contribution is -2.36. The summed E-state index contributed by atoms with van der Waals surface area (Å²) in [5.74, 6) is 1.20. The van der Waals surface area contributed by atoms with Crippen molar-refractivity contribution in [2.24, 2.45) is 0 Å². The van der Waals surface area contributed by atoms with Gasteiger partial charge in [-0.05, 0) is 14.0 Å². The molecule has 2 N–H and O–H groups in total. The highest BCUT2D eigenvalue weighted by atomic mass is 16.5. The van der Waals surface area contributed by atoms with Gasteiger partial charge in [-0.2, -0.15) is 0 Å². The number of ether oxygens (including phenoxy) is 1. The fraction of sp³-hybridized carbons (Fsp3) is 0.600. The van der Waals surface area contributed by atoms with E-state index in [1.54, 1.807) is 6.07 Å². The van der Waals surface area contributed by atoms with Gasteiger partial charge in [-0.25, -0.2) is 9.97 Å². The number of aryl methyl sites for hydroxylation is 1. The zero-order valence-electron chi connectivity index (χ0n) is 9.10. The van der Waals surface area contributed by atoms with Gasteiger partial charge in [0.25, 0.3) is 0 Å². The molecule has 0 aromatic carbocycles. The molecule has 0 radical (unpaired) electrons. The number of hydrogen-bond acceptors (Lipinski definition) is 5. The Morgan fingerprint density at radius 3 is 3.00 bits per heavy atom. The van der Waals surface area contributed by atoms with Crippen LogP contribution in [0.2, 0.25) is 0 Å². The van der Waals surface area contributed by atoms with Crippen molar-refractivity contribution in [3.05, 3.63) is 17.6 Å². The van der Waals surface area contributed by atoms with E-state index in [1.165, 1.54) is 0 Å². The first kappa shape index (κ1) is 10.3. The third kappa shape index (κ3) is 2.43. The number of nitrogens with zero attached hydrogens (tertiary/aromatic N) is 3. The topological polar surface area (TPSA) is 64.3 Å². The maximum absolute atomic E-state index is 5.68. The highest BCUT2D eigenvalue weighted by Crippen LogP contribution is 2.19. The van der Waals surface area contributed by atoms with Crippen molar-refractivity contribution >= 4 is 5.82 Å². The average molecular weight is 208 g/mol. The second kappa shape index (κ2) is 4.12. The van der Waals surface area contributed by atoms with E-state index in [4.69, 9.17) is 10.5 Å². The van der Waals surface area contributed by atoms with Crippen molar-refractivity contribution in [3.8, 4) is 0 Å². The van der Waals surface area contributed by atoms with Gasteiger partial charge < -0.3 is 15.4 Å². The Morgan fingerprint density at radius 1 is 1.53 bits per heavy atom. The summed E-state index contributed by atoms with van der Waals surface area (Å²) in [5, 5.41) is 0. The Kier molecular flexibility index (Phi) is 2.83. The summed E-state index contributed by atoms with van der Waals surface area (Å²) in [4.78, 5) is 10.8. The molecule has 2 heterocycles. The fourth-order valence-electron chi connectivity index (χ4n) is 1.69. The zero-order chi connectivity index (χ0) is 10.8. The Hall–Kier alpha value is -1.20. The van der Waals surface area contributed by atoms with Crippen LogP contribution in [-0.2, 0) is 4.74 Å². The monoisotopic (exact) mass is 208 g/mol. The summed E-state index contributed by atoms with van der Waals surface area (Å²) < 4.78 is 5.62. The fourth-order valence-corrected chi connectivity index (χ4v) is 1.69. The van der Waals surface area contributed by atoms with Crippen molar-refractivity contribution < 1.29 is 4.74 Å². The van der Waals surface area contributed by atoms with Gasteiger partial charge in [0.1, 0.15) is 11.9 Å². The molecule has 82 valence electrons. The average Bonchev–Trinajstić information content (AvgIpc) is 2.16. The second-order valence-electron chi connectivity index (χ2n) is 3.91. The third-order valence-corrected chi connectivity index (χ3v) is 2.45. The van der Waals surface area contributed by atoms with E-state index in [0.29, 0.717) is 11.6 Å². The van der Waals surface area contributed by atoms with Crippen molar-refractivity contribution in [2.45, 2.75) is 13.0 Å². The van der Waals surface area contributed by atoms with Crippen LogP contribution in [0, 0.1) is 6.92 Å². The lowest BCUT2D eigenvalue weighted by Gasteiger charge is -2.29. The van der Waals surface area contributed by atoms with E-state index >= 15 is 0 Å². The summed E-state index contributed by atoms with van der Waals surface area (Å²) in [6, 6.07) is 1.76. The molecule has 1 saturated heterocycles. The molecule has 15 heavy (non-hydrogen) atoms. The number of rotatable bonds is 1. The van der Waals surface area contributed by atoms with Gasteiger partial charge in [-0.15, -0.1) is 0 Å². The Bertz CT molecular complexity index is 335. The van der Waals surface area contributed by atoms with Crippen LogP contribution in [0.15, 0.2) is 6.07 Å². The van der Waals surface area contributed by atoms with Crippen LogP contribution in [0.1, 0.15) is 17.6 Å². The smallest absolute Gasteiger partial charge is 0.161 e. The summed E-state index contributed by atoms with van der Waals surface area (Å²) >= 11 is 0. The van der Waals surface area contributed by atoms with Crippen LogP contribution in [0.25, 0.3) is 0 Å². The number of nitrogens with two attached hydrogens (primary N) is 1. The lowest BCUT2D eigenvalue weighted by molar-refractivity contribution is -0.0254. The van der Waals surface area contributed by atoms with Crippen LogP contribution in [0.5, 0.6) is 0 Å². The lowest BCUT2D eigenvalue weighted by atomic mass is 10.2. The summed E-state index contributed by atoms with van der Waals surface area (Å²) in [5.41, 5.74) is 6.56. The maximum atomic E-state index is 5.68. The van der Waals surface area contributed by atoms with Crippen molar-refractivity contribution in [2.75, 3.05) is 32.5 Å². The van der Waals surface area contributed by atoms with Gasteiger partial charge in [-0.3, -0.25) is 0 Å². The first-order valence-corrected chi connectivity index (χ1v) is 5.06. The minimum absolute atomic E-state index is 0.0500. The molecule has 1 aromatic rings. The largest absolute Gasteiger partial charge is 0.384 e. The molecule has 5 heteroatoms. The molecular weight excluding hydrogens is 192 g/mol. The predicted molar refractivity (Wildman–Crippen MR) is 57.4 cm³/mol. The van der Waals surface area contributed by atoms with Gasteiger partial charge in [-0.1, -0.05) is 0 Å². The molecule has 1 atom stereocenters. The summed E-state index contributed by atoms with van der Waals surface area (Å²) in [6.07, 6.45) is -0.0500. The van der Waals surface area contributed by atoms with Gasteiger partial charge in [0, 0.05) is 24.8 Å². The van der Waals surface area contributed by atoms with Gasteiger partial charge >= 0.3 is 0 Å². The van der Waals surface area contributed by atoms with Crippen LogP contribution < -0.4 is 5.73 Å². The SMILES string of the molecule is Cc1cc(N)nc(C2CN(C)CCO2)n1. The molecule has 1 aliphatic rings. The van der Waals surface area contributed by atoms with E-state index < -0.39 is 0 Å². The van der Waals surface area contributed by atoms with Gasteiger partial charge in [0.2, 0.25) is 0 Å². The molecule has 1 unspecified atom stereocenters. The van der Waals surface area contributed by atoms with E-state index in [-0.39, 0.29) is 6.10 Å².